The summed E-state index contributed by atoms with van der Waals surface area (Å²) in [5.74, 6) is -1.03. The number of carbonyl (C=O) groups is 1. The average Bonchev–Trinajstić information content (AvgIpc) is 2.71. The highest BCUT2D eigenvalue weighted by atomic mass is 32.2. The summed E-state index contributed by atoms with van der Waals surface area (Å²) >= 11 is 1.32. The van der Waals surface area contributed by atoms with Gasteiger partial charge in [0.15, 0.2) is 5.82 Å². The van der Waals surface area contributed by atoms with E-state index >= 15 is 0 Å². The summed E-state index contributed by atoms with van der Waals surface area (Å²) < 4.78 is 27.3. The number of H-pyrrole nitrogens is 1. The van der Waals surface area contributed by atoms with Crippen LogP contribution in [0.3, 0.4) is 0 Å². The summed E-state index contributed by atoms with van der Waals surface area (Å²) in [5.41, 5.74) is 1.82. The quantitative estimate of drug-likeness (QED) is 0.851. The van der Waals surface area contributed by atoms with Crippen molar-refractivity contribution in [2.24, 2.45) is 0 Å². The van der Waals surface area contributed by atoms with Gasteiger partial charge in [-0.2, -0.15) is 5.10 Å². The number of anilines is 1. The van der Waals surface area contributed by atoms with E-state index in [4.69, 9.17) is 0 Å². The number of benzene rings is 1. The summed E-state index contributed by atoms with van der Waals surface area (Å²) in [4.78, 5) is 12.0. The Morgan fingerprint density at radius 2 is 2.10 bits per heavy atom. The van der Waals surface area contributed by atoms with Crippen LogP contribution in [0.25, 0.3) is 0 Å². The number of aryl methyl sites for hydroxylation is 1. The van der Waals surface area contributed by atoms with Crippen LogP contribution in [0.4, 0.5) is 14.6 Å². The molecular formula is C14H13F2N3OS. The van der Waals surface area contributed by atoms with Gasteiger partial charge in [-0.3, -0.25) is 9.89 Å². The second-order valence-electron chi connectivity index (χ2n) is 4.92. The number of carbonyl (C=O) groups excluding carboxylic acids is 1. The molecule has 3 rings (SSSR count). The lowest BCUT2D eigenvalue weighted by molar-refractivity contribution is -0.115. The molecule has 2 N–H and O–H groups in total. The first kappa shape index (κ1) is 14.1. The lowest BCUT2D eigenvalue weighted by Crippen LogP contribution is -2.21. The first-order valence-electron chi connectivity index (χ1n) is 6.43. The van der Waals surface area contributed by atoms with Crippen LogP contribution in [0.15, 0.2) is 18.2 Å². The van der Waals surface area contributed by atoms with Crippen molar-refractivity contribution in [2.45, 2.75) is 24.3 Å². The Hall–Kier alpha value is -1.89. The third-order valence-electron chi connectivity index (χ3n) is 3.45. The normalized spacial score (nSPS) is 21.6. The molecule has 0 radical (unpaired) electrons. The fraction of sp³-hybridized carbons (Fsp3) is 0.286. The third kappa shape index (κ3) is 2.42. The number of halogens is 2. The van der Waals surface area contributed by atoms with Gasteiger partial charge in [0, 0.05) is 22.9 Å². The molecule has 0 saturated heterocycles. The molecule has 110 valence electrons. The number of aromatic nitrogens is 2. The molecule has 4 nitrogen and oxygen atoms in total. The summed E-state index contributed by atoms with van der Waals surface area (Å²) in [5, 5.41) is 8.79. The minimum absolute atomic E-state index is 0.183. The summed E-state index contributed by atoms with van der Waals surface area (Å²) in [6.07, 6.45) is 0. The Bertz CT molecular complexity index is 716. The van der Waals surface area contributed by atoms with Gasteiger partial charge >= 0.3 is 0 Å². The largest absolute Gasteiger partial charge is 0.308 e. The number of nitrogens with one attached hydrogen (secondary N) is 2. The maximum Gasteiger partial charge on any atom is 0.238 e. The van der Waals surface area contributed by atoms with E-state index in [2.05, 4.69) is 15.5 Å². The molecule has 2 heterocycles. The topological polar surface area (TPSA) is 57.8 Å². The van der Waals surface area contributed by atoms with E-state index in [1.807, 2.05) is 6.92 Å². The number of fused-ring (bicyclic) bond motifs is 1. The number of thioether (sulfide) groups is 1. The number of amides is 1. The van der Waals surface area contributed by atoms with Crippen LogP contribution < -0.4 is 5.32 Å². The van der Waals surface area contributed by atoms with Crippen molar-refractivity contribution >= 4 is 23.5 Å². The fourth-order valence-electron chi connectivity index (χ4n) is 2.35. The van der Waals surface area contributed by atoms with Crippen LogP contribution >= 0.6 is 11.8 Å². The van der Waals surface area contributed by atoms with Gasteiger partial charge < -0.3 is 5.32 Å². The molecule has 1 aliphatic heterocycles. The van der Waals surface area contributed by atoms with Crippen LogP contribution in [-0.4, -0.2) is 21.4 Å². The molecule has 2 aromatic rings. The number of hydrogen-bond acceptors (Lipinski definition) is 3. The van der Waals surface area contributed by atoms with Crippen molar-refractivity contribution in [3.8, 4) is 0 Å². The molecular weight excluding hydrogens is 296 g/mol. The van der Waals surface area contributed by atoms with Gasteiger partial charge in [0.1, 0.15) is 11.6 Å². The molecule has 0 bridgehead atoms. The predicted molar refractivity (Wildman–Crippen MR) is 77.2 cm³/mol. The van der Waals surface area contributed by atoms with Crippen molar-refractivity contribution in [3.05, 3.63) is 46.7 Å². The standard InChI is InChI=1S/C14H13F2N3OS/c1-6-11-12(9-4-3-8(15)5-10(9)16)21-7(2)14(20)17-13(11)19-18-6/h3-5,7,12H,1-2H3,(H2,17,18,19,20). The molecule has 1 amide bonds. The zero-order chi connectivity index (χ0) is 15.1. The predicted octanol–water partition coefficient (Wildman–Crippen LogP) is 3.16. The molecule has 1 aliphatic rings. The highest BCUT2D eigenvalue weighted by Gasteiger charge is 2.33. The van der Waals surface area contributed by atoms with Gasteiger partial charge in [-0.15, -0.1) is 11.8 Å². The first-order chi connectivity index (χ1) is 9.97. The van der Waals surface area contributed by atoms with Crippen molar-refractivity contribution in [1.29, 1.82) is 0 Å². The van der Waals surface area contributed by atoms with E-state index in [-0.39, 0.29) is 11.2 Å². The lowest BCUT2D eigenvalue weighted by atomic mass is 10.0. The summed E-state index contributed by atoms with van der Waals surface area (Å²) in [6.45, 7) is 3.56. The Kier molecular flexibility index (Phi) is 3.44. The molecule has 0 saturated carbocycles. The second kappa shape index (κ2) is 5.14. The highest BCUT2D eigenvalue weighted by Crippen LogP contribution is 2.45. The number of nitrogens with zero attached hydrogens (tertiary/aromatic N) is 1. The SMILES string of the molecule is Cc1[nH]nc2c1C(c1ccc(F)cc1F)SC(C)C(=O)N2. The molecule has 0 spiro atoms. The van der Waals surface area contributed by atoms with Gasteiger partial charge in [-0.1, -0.05) is 6.07 Å². The molecule has 2 unspecified atom stereocenters. The highest BCUT2D eigenvalue weighted by molar-refractivity contribution is 8.01. The maximum absolute atomic E-state index is 14.1. The van der Waals surface area contributed by atoms with Crippen LogP contribution in [0.2, 0.25) is 0 Å². The Morgan fingerprint density at radius 1 is 1.33 bits per heavy atom. The Morgan fingerprint density at radius 3 is 2.81 bits per heavy atom. The molecule has 1 aromatic heterocycles. The van der Waals surface area contributed by atoms with E-state index in [0.29, 0.717) is 11.4 Å². The summed E-state index contributed by atoms with van der Waals surface area (Å²) in [6, 6.07) is 3.50. The molecule has 0 aliphatic carbocycles. The number of hydrogen-bond donors (Lipinski definition) is 2. The van der Waals surface area contributed by atoms with Crippen LogP contribution in [-0.2, 0) is 4.79 Å². The van der Waals surface area contributed by atoms with Crippen molar-refractivity contribution < 1.29 is 13.6 Å². The van der Waals surface area contributed by atoms with Gasteiger partial charge in [-0.05, 0) is 19.9 Å². The minimum atomic E-state index is -0.624. The number of rotatable bonds is 1. The second-order valence-corrected chi connectivity index (χ2v) is 6.38. The van der Waals surface area contributed by atoms with E-state index in [1.165, 1.54) is 23.9 Å². The molecule has 7 heteroatoms. The minimum Gasteiger partial charge on any atom is -0.308 e. The van der Waals surface area contributed by atoms with Crippen LogP contribution in [0.5, 0.6) is 0 Å². The van der Waals surface area contributed by atoms with Crippen molar-refractivity contribution in [3.63, 3.8) is 0 Å². The maximum atomic E-state index is 14.1. The fourth-order valence-corrected chi connectivity index (χ4v) is 3.70. The molecule has 1 aromatic carbocycles. The van der Waals surface area contributed by atoms with E-state index in [9.17, 15) is 13.6 Å². The van der Waals surface area contributed by atoms with Crippen molar-refractivity contribution in [2.75, 3.05) is 5.32 Å². The van der Waals surface area contributed by atoms with E-state index < -0.39 is 16.9 Å². The first-order valence-corrected chi connectivity index (χ1v) is 7.37. The van der Waals surface area contributed by atoms with Gasteiger partial charge in [0.25, 0.3) is 0 Å². The molecule has 21 heavy (non-hydrogen) atoms. The summed E-state index contributed by atoms with van der Waals surface area (Å²) in [7, 11) is 0. The van der Waals surface area contributed by atoms with Gasteiger partial charge in [0.2, 0.25) is 5.91 Å². The van der Waals surface area contributed by atoms with Crippen LogP contribution in [0, 0.1) is 18.6 Å². The van der Waals surface area contributed by atoms with Crippen LogP contribution in [0.1, 0.15) is 29.0 Å². The van der Waals surface area contributed by atoms with Crippen molar-refractivity contribution in [1.82, 2.24) is 10.2 Å². The molecule has 0 fully saturated rings. The zero-order valence-corrected chi connectivity index (χ0v) is 12.2. The molecule has 2 atom stereocenters. The van der Waals surface area contributed by atoms with Gasteiger partial charge in [0.05, 0.1) is 10.5 Å². The average molecular weight is 309 g/mol. The van der Waals surface area contributed by atoms with E-state index in [1.54, 1.807) is 6.92 Å². The monoisotopic (exact) mass is 309 g/mol. The third-order valence-corrected chi connectivity index (χ3v) is 4.84. The van der Waals surface area contributed by atoms with E-state index in [0.717, 1.165) is 17.3 Å². The Balaban J connectivity index is 2.15. The van der Waals surface area contributed by atoms with Gasteiger partial charge in [-0.25, -0.2) is 8.78 Å². The Labute approximate surface area is 124 Å². The number of aromatic amines is 1. The lowest BCUT2D eigenvalue weighted by Gasteiger charge is -2.18. The smallest absolute Gasteiger partial charge is 0.238 e. The zero-order valence-electron chi connectivity index (χ0n) is 11.4.